The molecule has 134 valence electrons. The lowest BCUT2D eigenvalue weighted by molar-refractivity contribution is -0.384. The maximum atomic E-state index is 12.1. The van der Waals surface area contributed by atoms with Gasteiger partial charge in [-0.2, -0.15) is 0 Å². The van der Waals surface area contributed by atoms with Crippen molar-refractivity contribution in [1.29, 1.82) is 0 Å². The zero-order valence-corrected chi connectivity index (χ0v) is 13.5. The van der Waals surface area contributed by atoms with E-state index < -0.39 is 22.9 Å². The highest BCUT2D eigenvalue weighted by Gasteiger charge is 2.24. The summed E-state index contributed by atoms with van der Waals surface area (Å²) in [6.07, 6.45) is -0.0191. The minimum atomic E-state index is -1.14. The van der Waals surface area contributed by atoms with Crippen LogP contribution in [0.1, 0.15) is 6.92 Å². The number of non-ortho nitro benzene ring substituents is 1. The normalized spacial score (nSPS) is 14.2. The van der Waals surface area contributed by atoms with Gasteiger partial charge >= 0.3 is 5.97 Å². The molecule has 0 fully saturated rings. The molecule has 1 atom stereocenters. The summed E-state index contributed by atoms with van der Waals surface area (Å²) in [7, 11) is 1.31. The van der Waals surface area contributed by atoms with E-state index in [0.717, 1.165) is 6.26 Å². The fourth-order valence-electron chi connectivity index (χ4n) is 1.88. The second-order valence-electron chi connectivity index (χ2n) is 4.88. The summed E-state index contributed by atoms with van der Waals surface area (Å²) in [6.45, 7) is 1.91. The third kappa shape index (κ3) is 4.59. The van der Waals surface area contributed by atoms with Gasteiger partial charge in [0, 0.05) is 6.07 Å². The van der Waals surface area contributed by atoms with Crippen molar-refractivity contribution in [1.82, 2.24) is 0 Å². The summed E-state index contributed by atoms with van der Waals surface area (Å²) in [6, 6.07) is 3.71. The molecule has 1 aromatic rings. The van der Waals surface area contributed by atoms with Gasteiger partial charge in [0.05, 0.1) is 23.8 Å². The van der Waals surface area contributed by atoms with E-state index in [2.05, 4.69) is 5.32 Å². The van der Waals surface area contributed by atoms with E-state index in [0.29, 0.717) is 6.61 Å². The van der Waals surface area contributed by atoms with Crippen molar-refractivity contribution in [3.63, 3.8) is 0 Å². The first kappa shape index (κ1) is 18.0. The van der Waals surface area contributed by atoms with Crippen molar-refractivity contribution in [3.8, 4) is 5.75 Å². The number of nitro groups is 1. The van der Waals surface area contributed by atoms with Gasteiger partial charge in [0.2, 0.25) is 5.76 Å². The number of nitrogens with zero attached hydrogens (tertiary/aromatic N) is 1. The van der Waals surface area contributed by atoms with Gasteiger partial charge in [-0.25, -0.2) is 4.79 Å². The highest BCUT2D eigenvalue weighted by Crippen LogP contribution is 2.29. The lowest BCUT2D eigenvalue weighted by atomic mass is 10.2. The number of carbonyl (C=O) groups excluding carboxylic acids is 2. The Morgan fingerprint density at radius 1 is 1.36 bits per heavy atom. The molecule has 0 radical (unpaired) electrons. The molecular formula is C15H16N2O8. The summed E-state index contributed by atoms with van der Waals surface area (Å²) < 4.78 is 20.0. The molecule has 0 unspecified atom stereocenters. The Balaban J connectivity index is 2.02. The van der Waals surface area contributed by atoms with Crippen molar-refractivity contribution < 1.29 is 33.5 Å². The summed E-state index contributed by atoms with van der Waals surface area (Å²) in [5.74, 6) is -1.50. The van der Waals surface area contributed by atoms with E-state index in [1.807, 2.05) is 0 Å². The van der Waals surface area contributed by atoms with E-state index in [1.165, 1.54) is 32.2 Å². The number of rotatable bonds is 6. The number of carbonyl (C=O) groups is 2. The van der Waals surface area contributed by atoms with E-state index >= 15 is 0 Å². The molecule has 1 amide bonds. The van der Waals surface area contributed by atoms with Crippen LogP contribution in [0, 0.1) is 10.1 Å². The van der Waals surface area contributed by atoms with Gasteiger partial charge in [-0.3, -0.25) is 14.9 Å². The smallest absolute Gasteiger partial charge is 0.377 e. The number of amides is 1. The van der Waals surface area contributed by atoms with Crippen LogP contribution in [0.4, 0.5) is 11.4 Å². The fourth-order valence-corrected chi connectivity index (χ4v) is 1.88. The largest absolute Gasteiger partial charge is 0.494 e. The van der Waals surface area contributed by atoms with Crippen LogP contribution in [0.15, 0.2) is 30.2 Å². The standard InChI is InChI=1S/C15H16N2O8/c1-9(25-15(19)13-8-23-5-6-24-13)14(18)16-11-4-3-10(17(20)21)7-12(11)22-2/h3-4,7-9H,5-6H2,1-2H3,(H,16,18)/t9-/m0/s1. The van der Waals surface area contributed by atoms with Gasteiger partial charge in [-0.15, -0.1) is 0 Å². The quantitative estimate of drug-likeness (QED) is 0.462. The highest BCUT2D eigenvalue weighted by molar-refractivity contribution is 5.97. The third-order valence-electron chi connectivity index (χ3n) is 3.16. The number of nitro benzene ring substituents is 1. The molecule has 0 bridgehead atoms. The van der Waals surface area contributed by atoms with Crippen LogP contribution in [-0.2, 0) is 23.8 Å². The average molecular weight is 352 g/mol. The lowest BCUT2D eigenvalue weighted by Crippen LogP contribution is -2.31. The number of esters is 1. The molecule has 1 aromatic carbocycles. The lowest BCUT2D eigenvalue weighted by Gasteiger charge is -2.18. The summed E-state index contributed by atoms with van der Waals surface area (Å²) >= 11 is 0. The Labute approximate surface area is 142 Å². The minimum Gasteiger partial charge on any atom is -0.494 e. The molecule has 1 aliphatic rings. The van der Waals surface area contributed by atoms with Crippen LogP contribution < -0.4 is 10.1 Å². The molecule has 0 spiro atoms. The topological polar surface area (TPSA) is 126 Å². The molecule has 0 saturated carbocycles. The molecule has 2 rings (SSSR count). The van der Waals surface area contributed by atoms with Gasteiger partial charge < -0.3 is 24.3 Å². The molecule has 0 saturated heterocycles. The predicted octanol–water partition coefficient (Wildman–Crippen LogP) is 1.36. The Morgan fingerprint density at radius 2 is 2.12 bits per heavy atom. The number of hydrogen-bond donors (Lipinski definition) is 1. The number of nitrogens with one attached hydrogen (secondary N) is 1. The van der Waals surface area contributed by atoms with Gasteiger partial charge in [0.15, 0.2) is 6.10 Å². The Morgan fingerprint density at radius 3 is 2.72 bits per heavy atom. The molecule has 10 heteroatoms. The minimum absolute atomic E-state index is 0.104. The first-order valence-electron chi connectivity index (χ1n) is 7.21. The zero-order valence-electron chi connectivity index (χ0n) is 13.5. The third-order valence-corrected chi connectivity index (χ3v) is 3.16. The number of ether oxygens (including phenoxy) is 4. The first-order valence-corrected chi connectivity index (χ1v) is 7.21. The first-order chi connectivity index (χ1) is 11.9. The number of anilines is 1. The van der Waals surface area contributed by atoms with Gasteiger partial charge in [-0.05, 0) is 13.0 Å². The molecule has 1 N–H and O–H groups in total. The fraction of sp³-hybridized carbons (Fsp3) is 0.333. The molecule has 0 aromatic heterocycles. The Hall–Kier alpha value is -3.30. The van der Waals surface area contributed by atoms with E-state index in [9.17, 15) is 19.7 Å². The van der Waals surface area contributed by atoms with Crippen molar-refractivity contribution in [3.05, 3.63) is 40.3 Å². The summed E-state index contributed by atoms with van der Waals surface area (Å²) in [5.41, 5.74) is 0.0215. The number of benzene rings is 1. The van der Waals surface area contributed by atoms with Crippen LogP contribution in [0.3, 0.4) is 0 Å². The van der Waals surface area contributed by atoms with Crippen molar-refractivity contribution in [2.45, 2.75) is 13.0 Å². The molecular weight excluding hydrogens is 336 g/mol. The van der Waals surface area contributed by atoms with E-state index in [4.69, 9.17) is 18.9 Å². The number of hydrogen-bond acceptors (Lipinski definition) is 8. The Kier molecular flexibility index (Phi) is 5.77. The Bertz CT molecular complexity index is 715. The van der Waals surface area contributed by atoms with Crippen LogP contribution in [0.2, 0.25) is 0 Å². The van der Waals surface area contributed by atoms with Crippen LogP contribution in [0.25, 0.3) is 0 Å². The second-order valence-corrected chi connectivity index (χ2v) is 4.88. The van der Waals surface area contributed by atoms with Crippen LogP contribution in [-0.4, -0.2) is 43.2 Å². The SMILES string of the molecule is COc1cc([N+](=O)[O-])ccc1NC(=O)[C@H](C)OC(=O)C1=COCCO1. The summed E-state index contributed by atoms with van der Waals surface area (Å²) in [4.78, 5) is 34.2. The van der Waals surface area contributed by atoms with Crippen molar-refractivity contribution in [2.24, 2.45) is 0 Å². The highest BCUT2D eigenvalue weighted by atomic mass is 16.6. The van der Waals surface area contributed by atoms with Crippen molar-refractivity contribution >= 4 is 23.3 Å². The number of methoxy groups -OCH3 is 1. The second kappa shape index (κ2) is 7.99. The molecule has 1 aliphatic heterocycles. The molecule has 25 heavy (non-hydrogen) atoms. The van der Waals surface area contributed by atoms with E-state index in [1.54, 1.807) is 0 Å². The average Bonchev–Trinajstić information content (AvgIpc) is 2.62. The summed E-state index contributed by atoms with van der Waals surface area (Å²) in [5, 5.41) is 13.2. The van der Waals surface area contributed by atoms with E-state index in [-0.39, 0.29) is 29.5 Å². The molecule has 1 heterocycles. The van der Waals surface area contributed by atoms with Gasteiger partial charge in [0.25, 0.3) is 11.6 Å². The van der Waals surface area contributed by atoms with Gasteiger partial charge in [0.1, 0.15) is 25.2 Å². The maximum absolute atomic E-state index is 12.1. The molecule has 10 nitrogen and oxygen atoms in total. The van der Waals surface area contributed by atoms with Crippen LogP contribution in [0.5, 0.6) is 5.75 Å². The maximum Gasteiger partial charge on any atom is 0.377 e. The van der Waals surface area contributed by atoms with Crippen molar-refractivity contribution in [2.75, 3.05) is 25.6 Å². The van der Waals surface area contributed by atoms with Crippen LogP contribution >= 0.6 is 0 Å². The molecule has 0 aliphatic carbocycles. The predicted molar refractivity (Wildman–Crippen MR) is 83.8 cm³/mol. The zero-order chi connectivity index (χ0) is 18.4. The van der Waals surface area contributed by atoms with Gasteiger partial charge in [-0.1, -0.05) is 0 Å². The monoisotopic (exact) mass is 352 g/mol.